The predicted molar refractivity (Wildman–Crippen MR) is 75.0 cm³/mol. The molecule has 2 rings (SSSR count). The minimum absolute atomic E-state index is 0.195. The first kappa shape index (κ1) is 14.7. The van der Waals surface area contributed by atoms with Gasteiger partial charge < -0.3 is 15.4 Å². The standard InChI is InChI=1S/C13H22N2O3S/c1-18-11(16)9-19-7-6-15-12(17)10-8-13(10)2-4-14-5-3-13/h10,14H,2-9H2,1H3,(H,15,17). The first-order valence-corrected chi connectivity index (χ1v) is 7.96. The maximum atomic E-state index is 12.0. The average Bonchev–Trinajstić information content (AvgIpc) is 3.12. The highest BCUT2D eigenvalue weighted by atomic mass is 32.2. The highest BCUT2D eigenvalue weighted by molar-refractivity contribution is 7.99. The van der Waals surface area contributed by atoms with Crippen molar-refractivity contribution in [1.82, 2.24) is 10.6 Å². The van der Waals surface area contributed by atoms with E-state index >= 15 is 0 Å². The Hall–Kier alpha value is -0.750. The predicted octanol–water partition coefficient (Wildman–Crippen LogP) is 0.399. The van der Waals surface area contributed by atoms with E-state index in [1.165, 1.54) is 18.9 Å². The van der Waals surface area contributed by atoms with Crippen LogP contribution in [0, 0.1) is 11.3 Å². The van der Waals surface area contributed by atoms with Crippen molar-refractivity contribution in [2.45, 2.75) is 19.3 Å². The maximum Gasteiger partial charge on any atom is 0.315 e. The van der Waals surface area contributed by atoms with Gasteiger partial charge in [-0.2, -0.15) is 0 Å². The van der Waals surface area contributed by atoms with Crippen LogP contribution in [0.5, 0.6) is 0 Å². The smallest absolute Gasteiger partial charge is 0.315 e. The molecular formula is C13H22N2O3S. The lowest BCUT2D eigenvalue weighted by Gasteiger charge is -2.23. The van der Waals surface area contributed by atoms with Gasteiger partial charge in [0.1, 0.15) is 0 Å². The molecule has 0 aromatic rings. The van der Waals surface area contributed by atoms with Crippen LogP contribution in [-0.2, 0) is 14.3 Å². The van der Waals surface area contributed by atoms with Crippen LogP contribution < -0.4 is 10.6 Å². The van der Waals surface area contributed by atoms with Gasteiger partial charge in [0.2, 0.25) is 5.91 Å². The molecule has 1 heterocycles. The number of ether oxygens (including phenoxy) is 1. The molecule has 2 aliphatic rings. The highest BCUT2D eigenvalue weighted by Crippen LogP contribution is 2.58. The second-order valence-electron chi connectivity index (χ2n) is 5.29. The molecule has 0 aromatic heterocycles. The maximum absolute atomic E-state index is 12.0. The van der Waals surface area contributed by atoms with Crippen LogP contribution in [0.15, 0.2) is 0 Å². The number of nitrogens with one attached hydrogen (secondary N) is 2. The van der Waals surface area contributed by atoms with Gasteiger partial charge in [-0.1, -0.05) is 0 Å². The van der Waals surface area contributed by atoms with E-state index in [0.717, 1.165) is 38.1 Å². The molecule has 0 radical (unpaired) electrons. The van der Waals surface area contributed by atoms with Crippen molar-refractivity contribution in [3.05, 3.63) is 0 Å². The summed E-state index contributed by atoms with van der Waals surface area (Å²) in [6, 6.07) is 0. The number of hydrogen-bond acceptors (Lipinski definition) is 5. The molecule has 2 N–H and O–H groups in total. The van der Waals surface area contributed by atoms with Crippen LogP contribution in [0.3, 0.4) is 0 Å². The van der Waals surface area contributed by atoms with E-state index in [1.54, 1.807) is 0 Å². The zero-order valence-corrected chi connectivity index (χ0v) is 12.2. The molecule has 1 aliphatic carbocycles. The van der Waals surface area contributed by atoms with Crippen molar-refractivity contribution in [3.63, 3.8) is 0 Å². The number of methoxy groups -OCH3 is 1. The summed E-state index contributed by atoms with van der Waals surface area (Å²) in [6.45, 7) is 2.71. The van der Waals surface area contributed by atoms with E-state index in [2.05, 4.69) is 15.4 Å². The molecule has 1 saturated carbocycles. The molecule has 1 amide bonds. The SMILES string of the molecule is COC(=O)CSCCNC(=O)C1CC12CCNCC2. The Morgan fingerprint density at radius 3 is 2.84 bits per heavy atom. The number of amides is 1. The molecular weight excluding hydrogens is 264 g/mol. The van der Waals surface area contributed by atoms with Crippen molar-refractivity contribution in [3.8, 4) is 0 Å². The Morgan fingerprint density at radius 2 is 2.16 bits per heavy atom. The van der Waals surface area contributed by atoms with Crippen molar-refractivity contribution >= 4 is 23.6 Å². The Kier molecular flexibility index (Phi) is 5.10. The molecule has 1 aliphatic heterocycles. The monoisotopic (exact) mass is 286 g/mol. The summed E-state index contributed by atoms with van der Waals surface area (Å²) in [5.41, 5.74) is 0.300. The van der Waals surface area contributed by atoms with Gasteiger partial charge in [0.15, 0.2) is 0 Å². The summed E-state index contributed by atoms with van der Waals surface area (Å²) in [7, 11) is 1.39. The number of carbonyl (C=O) groups excluding carboxylic acids is 2. The molecule has 1 unspecified atom stereocenters. The molecule has 5 nitrogen and oxygen atoms in total. The molecule has 1 atom stereocenters. The Balaban J connectivity index is 1.57. The molecule has 2 fully saturated rings. The van der Waals surface area contributed by atoms with Crippen LogP contribution in [0.2, 0.25) is 0 Å². The van der Waals surface area contributed by atoms with Gasteiger partial charge in [0, 0.05) is 18.2 Å². The minimum atomic E-state index is -0.216. The number of rotatable bonds is 6. The fourth-order valence-electron chi connectivity index (χ4n) is 2.78. The minimum Gasteiger partial charge on any atom is -0.468 e. The first-order valence-electron chi connectivity index (χ1n) is 6.81. The normalized spacial score (nSPS) is 23.9. The Bertz CT molecular complexity index is 343. The number of thioether (sulfide) groups is 1. The third-order valence-corrected chi connectivity index (χ3v) is 5.03. The van der Waals surface area contributed by atoms with Crippen LogP contribution >= 0.6 is 11.8 Å². The Labute approximate surface area is 118 Å². The summed E-state index contributed by atoms with van der Waals surface area (Å²) < 4.78 is 4.55. The van der Waals surface area contributed by atoms with Gasteiger partial charge in [-0.15, -0.1) is 11.8 Å². The van der Waals surface area contributed by atoms with Crippen LogP contribution in [0.4, 0.5) is 0 Å². The van der Waals surface area contributed by atoms with Crippen LogP contribution in [-0.4, -0.2) is 50.1 Å². The summed E-state index contributed by atoms with van der Waals surface area (Å²) in [5.74, 6) is 1.31. The topological polar surface area (TPSA) is 67.4 Å². The van der Waals surface area contributed by atoms with E-state index in [1.807, 2.05) is 0 Å². The van der Waals surface area contributed by atoms with Crippen molar-refractivity contribution < 1.29 is 14.3 Å². The number of piperidine rings is 1. The van der Waals surface area contributed by atoms with Gasteiger partial charge in [-0.05, 0) is 37.8 Å². The summed E-state index contributed by atoms with van der Waals surface area (Å²) >= 11 is 1.49. The van der Waals surface area contributed by atoms with Gasteiger partial charge in [0.05, 0.1) is 12.9 Å². The molecule has 6 heteroatoms. The fraction of sp³-hybridized carbons (Fsp3) is 0.846. The molecule has 1 saturated heterocycles. The van der Waals surface area contributed by atoms with Gasteiger partial charge in [0.25, 0.3) is 0 Å². The van der Waals surface area contributed by atoms with Crippen LogP contribution in [0.25, 0.3) is 0 Å². The highest BCUT2D eigenvalue weighted by Gasteiger charge is 2.57. The quantitative estimate of drug-likeness (QED) is 0.546. The molecule has 108 valence electrons. The largest absolute Gasteiger partial charge is 0.468 e. The van der Waals surface area contributed by atoms with E-state index in [-0.39, 0.29) is 17.8 Å². The van der Waals surface area contributed by atoms with Crippen molar-refractivity contribution in [2.75, 3.05) is 38.2 Å². The van der Waals surface area contributed by atoms with Gasteiger partial charge >= 0.3 is 5.97 Å². The molecule has 19 heavy (non-hydrogen) atoms. The second kappa shape index (κ2) is 6.61. The van der Waals surface area contributed by atoms with Gasteiger partial charge in [-0.3, -0.25) is 9.59 Å². The molecule has 0 aromatic carbocycles. The average molecular weight is 286 g/mol. The third kappa shape index (κ3) is 3.86. The summed E-state index contributed by atoms with van der Waals surface area (Å²) in [5, 5.41) is 6.31. The second-order valence-corrected chi connectivity index (χ2v) is 6.39. The summed E-state index contributed by atoms with van der Waals surface area (Å²) in [4.78, 5) is 22.9. The van der Waals surface area contributed by atoms with E-state index in [4.69, 9.17) is 0 Å². The van der Waals surface area contributed by atoms with Crippen molar-refractivity contribution in [2.24, 2.45) is 11.3 Å². The van der Waals surface area contributed by atoms with Crippen LogP contribution in [0.1, 0.15) is 19.3 Å². The zero-order valence-electron chi connectivity index (χ0n) is 11.4. The molecule has 1 spiro atoms. The first-order chi connectivity index (χ1) is 9.18. The molecule has 0 bridgehead atoms. The Morgan fingerprint density at radius 1 is 1.42 bits per heavy atom. The third-order valence-electron chi connectivity index (χ3n) is 4.10. The lowest BCUT2D eigenvalue weighted by atomic mass is 9.92. The summed E-state index contributed by atoms with van der Waals surface area (Å²) in [6.07, 6.45) is 3.31. The van der Waals surface area contributed by atoms with Gasteiger partial charge in [-0.25, -0.2) is 0 Å². The number of hydrogen-bond donors (Lipinski definition) is 2. The fourth-order valence-corrected chi connectivity index (χ4v) is 3.45. The van der Waals surface area contributed by atoms with Crippen molar-refractivity contribution in [1.29, 1.82) is 0 Å². The van der Waals surface area contributed by atoms with E-state index < -0.39 is 0 Å². The van der Waals surface area contributed by atoms with E-state index in [0.29, 0.717) is 17.7 Å². The lowest BCUT2D eigenvalue weighted by molar-refractivity contribution is -0.137. The van der Waals surface area contributed by atoms with E-state index in [9.17, 15) is 9.59 Å². The number of carbonyl (C=O) groups is 2. The zero-order chi connectivity index (χ0) is 13.7. The number of esters is 1. The lowest BCUT2D eigenvalue weighted by Crippen LogP contribution is -2.34.